The van der Waals surface area contributed by atoms with E-state index >= 15 is 0 Å². The molecule has 3 heterocycles. The smallest absolute Gasteiger partial charge is 0.224 e. The van der Waals surface area contributed by atoms with Crippen LogP contribution in [0.4, 0.5) is 0 Å². The molecule has 24 heavy (non-hydrogen) atoms. The van der Waals surface area contributed by atoms with Crippen LogP contribution in [0, 0.1) is 19.8 Å². The van der Waals surface area contributed by atoms with E-state index in [2.05, 4.69) is 20.3 Å². The average Bonchev–Trinajstić information content (AvgIpc) is 3.17. The lowest BCUT2D eigenvalue weighted by molar-refractivity contribution is -0.126. The molecule has 1 aliphatic heterocycles. The van der Waals surface area contributed by atoms with Gasteiger partial charge >= 0.3 is 0 Å². The third-order valence-electron chi connectivity index (χ3n) is 4.42. The predicted molar refractivity (Wildman–Crippen MR) is 89.2 cm³/mol. The van der Waals surface area contributed by atoms with Gasteiger partial charge in [-0.05, 0) is 45.4 Å². The molecule has 1 N–H and O–H groups in total. The number of hydrogen-bond acceptors (Lipinski definition) is 5. The van der Waals surface area contributed by atoms with Crippen molar-refractivity contribution in [3.05, 3.63) is 35.8 Å². The van der Waals surface area contributed by atoms with Crippen LogP contribution in [-0.4, -0.2) is 45.2 Å². The van der Waals surface area contributed by atoms with Crippen LogP contribution in [0.2, 0.25) is 0 Å². The highest BCUT2D eigenvalue weighted by Crippen LogP contribution is 2.19. The minimum Gasteiger partial charge on any atom is -0.468 e. The highest BCUT2D eigenvalue weighted by molar-refractivity contribution is 5.78. The zero-order valence-corrected chi connectivity index (χ0v) is 14.4. The van der Waals surface area contributed by atoms with Crippen molar-refractivity contribution < 1.29 is 9.21 Å². The third-order valence-corrected chi connectivity index (χ3v) is 4.42. The molecule has 2 aromatic rings. The Morgan fingerprint density at radius 2 is 2.33 bits per heavy atom. The van der Waals surface area contributed by atoms with Gasteiger partial charge in [0.1, 0.15) is 17.4 Å². The maximum absolute atomic E-state index is 12.4. The summed E-state index contributed by atoms with van der Waals surface area (Å²) >= 11 is 0. The molecule has 0 radical (unpaired) electrons. The molecule has 0 aliphatic carbocycles. The molecule has 0 spiro atoms. The van der Waals surface area contributed by atoms with Crippen LogP contribution in [0.3, 0.4) is 0 Å². The minimum atomic E-state index is 0.0484. The Bertz CT molecular complexity index is 665. The molecule has 3 rings (SSSR count). The summed E-state index contributed by atoms with van der Waals surface area (Å²) in [6.07, 6.45) is 3.68. The van der Waals surface area contributed by atoms with Crippen LogP contribution < -0.4 is 5.32 Å². The fraction of sp³-hybridized carbons (Fsp3) is 0.588. The molecule has 7 heteroatoms. The van der Waals surface area contributed by atoms with Gasteiger partial charge in [-0.3, -0.25) is 9.69 Å². The number of hydrogen-bond donors (Lipinski definition) is 1. The van der Waals surface area contributed by atoms with Crippen molar-refractivity contribution in [1.29, 1.82) is 0 Å². The molecule has 2 aromatic heterocycles. The fourth-order valence-corrected chi connectivity index (χ4v) is 3.24. The van der Waals surface area contributed by atoms with E-state index in [1.54, 1.807) is 6.26 Å². The minimum absolute atomic E-state index is 0.0484. The van der Waals surface area contributed by atoms with Gasteiger partial charge < -0.3 is 9.73 Å². The fourth-order valence-electron chi connectivity index (χ4n) is 3.24. The topological polar surface area (TPSA) is 76.2 Å². The maximum atomic E-state index is 12.4. The lowest BCUT2D eigenvalue weighted by Gasteiger charge is -2.31. The van der Waals surface area contributed by atoms with E-state index in [0.29, 0.717) is 13.1 Å². The maximum Gasteiger partial charge on any atom is 0.224 e. The normalized spacial score (nSPS) is 18.7. The molecular formula is C17H25N5O2. The standard InChI is InChI=1S/C17H25N5O2/c1-13-19-14(2)22(20-13)9-7-18-17(23)15-5-3-8-21(11-15)12-16-6-4-10-24-16/h4,6,10,15H,3,5,7-9,11-12H2,1-2H3,(H,18,23). The number of aryl methyl sites for hydroxylation is 2. The van der Waals surface area contributed by atoms with E-state index in [9.17, 15) is 4.79 Å². The Morgan fingerprint density at radius 1 is 1.46 bits per heavy atom. The summed E-state index contributed by atoms with van der Waals surface area (Å²) in [7, 11) is 0. The monoisotopic (exact) mass is 331 g/mol. The third kappa shape index (κ3) is 4.23. The van der Waals surface area contributed by atoms with Gasteiger partial charge in [-0.1, -0.05) is 0 Å². The molecule has 1 saturated heterocycles. The summed E-state index contributed by atoms with van der Waals surface area (Å²) in [5, 5.41) is 7.35. The van der Waals surface area contributed by atoms with Gasteiger partial charge in [0.2, 0.25) is 5.91 Å². The van der Waals surface area contributed by atoms with Crippen LogP contribution in [0.15, 0.2) is 22.8 Å². The van der Waals surface area contributed by atoms with Crippen molar-refractivity contribution in [3.63, 3.8) is 0 Å². The van der Waals surface area contributed by atoms with Gasteiger partial charge in [-0.25, -0.2) is 9.67 Å². The second-order valence-electron chi connectivity index (χ2n) is 6.37. The molecule has 0 bridgehead atoms. The van der Waals surface area contributed by atoms with E-state index in [1.165, 1.54) is 0 Å². The lowest BCUT2D eigenvalue weighted by Crippen LogP contribution is -2.43. The lowest BCUT2D eigenvalue weighted by atomic mass is 9.97. The first-order valence-electron chi connectivity index (χ1n) is 8.52. The molecule has 130 valence electrons. The van der Waals surface area contributed by atoms with E-state index in [-0.39, 0.29) is 11.8 Å². The van der Waals surface area contributed by atoms with Gasteiger partial charge in [-0.15, -0.1) is 0 Å². The van der Waals surface area contributed by atoms with E-state index in [4.69, 9.17) is 4.42 Å². The average molecular weight is 331 g/mol. The van der Waals surface area contributed by atoms with E-state index in [1.807, 2.05) is 30.7 Å². The number of nitrogens with zero attached hydrogens (tertiary/aromatic N) is 4. The van der Waals surface area contributed by atoms with Gasteiger partial charge in [0.05, 0.1) is 25.3 Å². The number of likely N-dealkylation sites (tertiary alicyclic amines) is 1. The number of amides is 1. The molecule has 1 unspecified atom stereocenters. The zero-order chi connectivity index (χ0) is 16.9. The first-order valence-corrected chi connectivity index (χ1v) is 8.52. The summed E-state index contributed by atoms with van der Waals surface area (Å²) in [6.45, 7) is 7.61. The number of aromatic nitrogens is 3. The summed E-state index contributed by atoms with van der Waals surface area (Å²) in [5.41, 5.74) is 0. The van der Waals surface area contributed by atoms with Crippen molar-refractivity contribution >= 4 is 5.91 Å². The van der Waals surface area contributed by atoms with Gasteiger partial charge in [0, 0.05) is 13.1 Å². The van der Waals surface area contributed by atoms with Crippen molar-refractivity contribution in [1.82, 2.24) is 25.0 Å². The number of carbonyl (C=O) groups excluding carboxylic acids is 1. The van der Waals surface area contributed by atoms with Crippen molar-refractivity contribution in [2.75, 3.05) is 19.6 Å². The molecule has 1 fully saturated rings. The predicted octanol–water partition coefficient (Wildman–Crippen LogP) is 1.52. The molecule has 0 aromatic carbocycles. The number of carbonyl (C=O) groups is 1. The molecule has 1 aliphatic rings. The van der Waals surface area contributed by atoms with Crippen LogP contribution in [-0.2, 0) is 17.9 Å². The molecule has 7 nitrogen and oxygen atoms in total. The van der Waals surface area contributed by atoms with Gasteiger partial charge in [0.25, 0.3) is 0 Å². The van der Waals surface area contributed by atoms with Crippen LogP contribution >= 0.6 is 0 Å². The second-order valence-corrected chi connectivity index (χ2v) is 6.37. The van der Waals surface area contributed by atoms with E-state index in [0.717, 1.165) is 49.9 Å². The summed E-state index contributed by atoms with van der Waals surface area (Å²) in [6, 6.07) is 3.88. The number of rotatable bonds is 6. The van der Waals surface area contributed by atoms with Crippen molar-refractivity contribution in [2.45, 2.75) is 39.8 Å². The summed E-state index contributed by atoms with van der Waals surface area (Å²) in [5.74, 6) is 2.78. The van der Waals surface area contributed by atoms with E-state index < -0.39 is 0 Å². The quantitative estimate of drug-likeness (QED) is 0.868. The first-order chi connectivity index (χ1) is 11.6. The largest absolute Gasteiger partial charge is 0.468 e. The number of furan rings is 1. The second kappa shape index (κ2) is 7.61. The van der Waals surface area contributed by atoms with Gasteiger partial charge in [-0.2, -0.15) is 5.10 Å². The number of nitrogens with one attached hydrogen (secondary N) is 1. The Hall–Kier alpha value is -2.15. The molecular weight excluding hydrogens is 306 g/mol. The first kappa shape index (κ1) is 16.7. The highest BCUT2D eigenvalue weighted by Gasteiger charge is 2.25. The Balaban J connectivity index is 1.45. The molecule has 1 amide bonds. The Kier molecular flexibility index (Phi) is 5.30. The highest BCUT2D eigenvalue weighted by atomic mass is 16.3. The Labute approximate surface area is 142 Å². The zero-order valence-electron chi connectivity index (χ0n) is 14.4. The van der Waals surface area contributed by atoms with Crippen LogP contribution in [0.1, 0.15) is 30.3 Å². The Morgan fingerprint density at radius 3 is 3.04 bits per heavy atom. The van der Waals surface area contributed by atoms with Gasteiger partial charge in [0.15, 0.2) is 0 Å². The summed E-state index contributed by atoms with van der Waals surface area (Å²) in [4.78, 5) is 19.0. The number of piperidine rings is 1. The van der Waals surface area contributed by atoms with Crippen molar-refractivity contribution in [2.24, 2.45) is 5.92 Å². The molecule has 1 atom stereocenters. The van der Waals surface area contributed by atoms with Crippen LogP contribution in [0.25, 0.3) is 0 Å². The van der Waals surface area contributed by atoms with Crippen molar-refractivity contribution in [3.8, 4) is 0 Å². The summed E-state index contributed by atoms with van der Waals surface area (Å²) < 4.78 is 7.23. The molecule has 0 saturated carbocycles. The SMILES string of the molecule is Cc1nc(C)n(CCNC(=O)C2CCCN(Cc3ccco3)C2)n1. The van der Waals surface area contributed by atoms with Crippen LogP contribution in [0.5, 0.6) is 0 Å².